The number of halogens is 1. The van der Waals surface area contributed by atoms with Crippen LogP contribution >= 0.6 is 22.9 Å². The van der Waals surface area contributed by atoms with E-state index in [1.54, 1.807) is 35.7 Å². The average Bonchev–Trinajstić information content (AvgIpc) is 2.89. The molecule has 0 aliphatic rings. The number of hydrogen-bond donors (Lipinski definition) is 0. The molecule has 1 aromatic carbocycles. The van der Waals surface area contributed by atoms with Gasteiger partial charge in [0.05, 0.1) is 10.4 Å². The molecule has 1 heterocycles. The molecular weight excluding hydrogens is 296 g/mol. The lowest BCUT2D eigenvalue weighted by molar-refractivity contribution is 0.0802. The van der Waals surface area contributed by atoms with E-state index in [9.17, 15) is 4.79 Å². The highest BCUT2D eigenvalue weighted by molar-refractivity contribution is 7.10. The summed E-state index contributed by atoms with van der Waals surface area (Å²) in [5, 5.41) is 0.466. The molecule has 0 N–H and O–H groups in total. The van der Waals surface area contributed by atoms with Gasteiger partial charge in [-0.2, -0.15) is 0 Å². The largest absolute Gasteiger partial charge is 0.488 e. The Balaban J connectivity index is 2.06. The molecule has 0 aliphatic heterocycles. The number of benzene rings is 1. The number of hydrogen-bond acceptors (Lipinski definition) is 4. The minimum absolute atomic E-state index is 0.0197. The van der Waals surface area contributed by atoms with E-state index in [2.05, 4.69) is 4.98 Å². The van der Waals surface area contributed by atoms with Crippen LogP contribution in [0.15, 0.2) is 29.8 Å². The predicted octanol–water partition coefficient (Wildman–Crippen LogP) is 3.47. The molecule has 0 aliphatic carbocycles. The van der Waals surface area contributed by atoms with Crippen molar-refractivity contribution >= 4 is 28.8 Å². The fraction of sp³-hybridized carbons (Fsp3) is 0.286. The van der Waals surface area contributed by atoms with Gasteiger partial charge < -0.3 is 9.64 Å². The van der Waals surface area contributed by atoms with Crippen LogP contribution in [0.4, 0.5) is 0 Å². The van der Waals surface area contributed by atoms with Crippen molar-refractivity contribution in [3.05, 3.63) is 45.4 Å². The summed E-state index contributed by atoms with van der Waals surface area (Å²) in [4.78, 5) is 18.5. The molecule has 0 saturated heterocycles. The number of rotatable bonds is 5. The molecule has 106 valence electrons. The molecule has 0 saturated carbocycles. The second kappa shape index (κ2) is 6.72. The molecule has 0 unspecified atom stereocenters. The zero-order valence-corrected chi connectivity index (χ0v) is 12.9. The molecule has 2 rings (SSSR count). The first-order valence-electron chi connectivity index (χ1n) is 6.18. The van der Waals surface area contributed by atoms with Gasteiger partial charge in [-0.3, -0.25) is 4.79 Å². The highest BCUT2D eigenvalue weighted by Crippen LogP contribution is 2.22. The number of aromatic nitrogens is 1. The minimum atomic E-state index is -0.0197. The molecule has 20 heavy (non-hydrogen) atoms. The smallest absolute Gasteiger partial charge is 0.253 e. The second-order valence-electron chi connectivity index (χ2n) is 4.20. The Bertz CT molecular complexity index is 600. The SMILES string of the molecule is CCN(C)C(=O)c1cccc(OCc2scnc2Cl)c1. The van der Waals surface area contributed by atoms with Crippen molar-refractivity contribution in [2.45, 2.75) is 13.5 Å². The van der Waals surface area contributed by atoms with Crippen molar-refractivity contribution in [3.63, 3.8) is 0 Å². The van der Waals surface area contributed by atoms with Gasteiger partial charge in [-0.05, 0) is 25.1 Å². The number of ether oxygens (including phenoxy) is 1. The number of nitrogens with zero attached hydrogens (tertiary/aromatic N) is 2. The average molecular weight is 311 g/mol. The topological polar surface area (TPSA) is 42.4 Å². The quantitative estimate of drug-likeness (QED) is 0.849. The van der Waals surface area contributed by atoms with E-state index in [0.29, 0.717) is 29.6 Å². The van der Waals surface area contributed by atoms with Crippen LogP contribution in [0.2, 0.25) is 5.15 Å². The van der Waals surface area contributed by atoms with Crippen LogP contribution in [0.1, 0.15) is 22.2 Å². The van der Waals surface area contributed by atoms with Crippen LogP contribution in [0.25, 0.3) is 0 Å². The van der Waals surface area contributed by atoms with Crippen molar-refractivity contribution in [2.24, 2.45) is 0 Å². The molecule has 0 atom stereocenters. The molecule has 1 amide bonds. The number of thiazole rings is 1. The first-order chi connectivity index (χ1) is 9.61. The van der Waals surface area contributed by atoms with Gasteiger partial charge in [0.2, 0.25) is 0 Å². The summed E-state index contributed by atoms with van der Waals surface area (Å²) in [6.07, 6.45) is 0. The van der Waals surface area contributed by atoms with E-state index in [-0.39, 0.29) is 5.91 Å². The summed E-state index contributed by atoms with van der Waals surface area (Å²) in [5.41, 5.74) is 2.29. The number of amides is 1. The van der Waals surface area contributed by atoms with Crippen molar-refractivity contribution in [1.82, 2.24) is 9.88 Å². The maximum absolute atomic E-state index is 12.1. The van der Waals surface area contributed by atoms with Gasteiger partial charge in [0.15, 0.2) is 0 Å². The van der Waals surface area contributed by atoms with Crippen molar-refractivity contribution in [1.29, 1.82) is 0 Å². The number of carbonyl (C=O) groups is 1. The molecule has 0 fully saturated rings. The van der Waals surface area contributed by atoms with E-state index >= 15 is 0 Å². The first-order valence-corrected chi connectivity index (χ1v) is 7.43. The van der Waals surface area contributed by atoms with Crippen molar-refractivity contribution in [3.8, 4) is 5.75 Å². The molecule has 4 nitrogen and oxygen atoms in total. The Morgan fingerprint density at radius 3 is 2.95 bits per heavy atom. The Labute approximate surface area is 127 Å². The maximum atomic E-state index is 12.1. The van der Waals surface area contributed by atoms with E-state index in [1.807, 2.05) is 13.0 Å². The Morgan fingerprint density at radius 2 is 2.30 bits per heavy atom. The van der Waals surface area contributed by atoms with E-state index in [0.717, 1.165) is 4.88 Å². The summed E-state index contributed by atoms with van der Waals surface area (Å²) in [6.45, 7) is 2.95. The molecule has 0 spiro atoms. The molecule has 2 aromatic rings. The summed E-state index contributed by atoms with van der Waals surface area (Å²) < 4.78 is 5.65. The third-order valence-corrected chi connectivity index (χ3v) is 4.11. The van der Waals surface area contributed by atoms with E-state index in [4.69, 9.17) is 16.3 Å². The third-order valence-electron chi connectivity index (χ3n) is 2.86. The van der Waals surface area contributed by atoms with Gasteiger partial charge in [-0.1, -0.05) is 17.7 Å². The lowest BCUT2D eigenvalue weighted by Crippen LogP contribution is -2.26. The highest BCUT2D eigenvalue weighted by Gasteiger charge is 2.11. The monoisotopic (exact) mass is 310 g/mol. The van der Waals surface area contributed by atoms with Crippen LogP contribution in [-0.4, -0.2) is 29.4 Å². The lowest BCUT2D eigenvalue weighted by atomic mass is 10.2. The summed E-state index contributed by atoms with van der Waals surface area (Å²) in [7, 11) is 1.77. The fourth-order valence-corrected chi connectivity index (χ4v) is 2.44. The van der Waals surface area contributed by atoms with Crippen LogP contribution in [0, 0.1) is 0 Å². The van der Waals surface area contributed by atoms with Crippen LogP contribution in [-0.2, 0) is 6.61 Å². The summed E-state index contributed by atoms with van der Waals surface area (Å²) >= 11 is 7.35. The van der Waals surface area contributed by atoms with Crippen LogP contribution in [0.5, 0.6) is 5.75 Å². The van der Waals surface area contributed by atoms with Crippen molar-refractivity contribution < 1.29 is 9.53 Å². The van der Waals surface area contributed by atoms with Gasteiger partial charge in [-0.25, -0.2) is 4.98 Å². The molecule has 1 aromatic heterocycles. The molecule has 6 heteroatoms. The molecular formula is C14H15ClN2O2S. The second-order valence-corrected chi connectivity index (χ2v) is 5.50. The lowest BCUT2D eigenvalue weighted by Gasteiger charge is -2.15. The van der Waals surface area contributed by atoms with Gasteiger partial charge in [0.1, 0.15) is 17.5 Å². The van der Waals surface area contributed by atoms with Crippen LogP contribution < -0.4 is 4.74 Å². The van der Waals surface area contributed by atoms with E-state index in [1.165, 1.54) is 11.3 Å². The summed E-state index contributed by atoms with van der Waals surface area (Å²) in [6, 6.07) is 7.14. The van der Waals surface area contributed by atoms with Gasteiger partial charge in [0, 0.05) is 19.2 Å². The van der Waals surface area contributed by atoms with Gasteiger partial charge in [-0.15, -0.1) is 11.3 Å². The van der Waals surface area contributed by atoms with Gasteiger partial charge >= 0.3 is 0 Å². The minimum Gasteiger partial charge on any atom is -0.488 e. The zero-order valence-electron chi connectivity index (χ0n) is 11.3. The third kappa shape index (κ3) is 3.49. The first kappa shape index (κ1) is 14.8. The van der Waals surface area contributed by atoms with Crippen LogP contribution in [0.3, 0.4) is 0 Å². The zero-order chi connectivity index (χ0) is 14.5. The van der Waals surface area contributed by atoms with E-state index < -0.39 is 0 Å². The highest BCUT2D eigenvalue weighted by atomic mass is 35.5. The predicted molar refractivity (Wildman–Crippen MR) is 80.5 cm³/mol. The number of carbonyl (C=O) groups excluding carboxylic acids is 1. The standard InChI is InChI=1S/C14H15ClN2O2S/c1-3-17(2)14(18)10-5-4-6-11(7-10)19-8-12-13(15)16-9-20-12/h4-7,9H,3,8H2,1-2H3. The summed E-state index contributed by atoms with van der Waals surface area (Å²) in [5.74, 6) is 0.624. The Hall–Kier alpha value is -1.59. The maximum Gasteiger partial charge on any atom is 0.253 e. The molecule has 0 radical (unpaired) electrons. The molecule has 0 bridgehead atoms. The van der Waals surface area contributed by atoms with Gasteiger partial charge in [0.25, 0.3) is 5.91 Å². The fourth-order valence-electron chi connectivity index (χ4n) is 1.58. The normalized spacial score (nSPS) is 10.3. The Kier molecular flexibility index (Phi) is 4.98. The Morgan fingerprint density at radius 1 is 1.50 bits per heavy atom. The van der Waals surface area contributed by atoms with Crippen molar-refractivity contribution in [2.75, 3.05) is 13.6 Å².